The van der Waals surface area contributed by atoms with Gasteiger partial charge in [0.15, 0.2) is 31.5 Å². The molecule has 0 aliphatic carbocycles. The summed E-state index contributed by atoms with van der Waals surface area (Å²) in [5, 5.41) is 168. The molecule has 0 radical (unpaired) electrons. The lowest BCUT2D eigenvalue weighted by molar-refractivity contribution is -0.392. The van der Waals surface area contributed by atoms with Crippen LogP contribution in [0.4, 0.5) is 0 Å². The first-order chi connectivity index (χ1) is 28.5. The second-order valence-corrected chi connectivity index (χ2v) is 15.0. The number of ether oxygens (including phenoxy) is 10. The van der Waals surface area contributed by atoms with Gasteiger partial charge in [-0.3, -0.25) is 0 Å². The molecule has 5 aliphatic heterocycles. The van der Waals surface area contributed by atoms with Crippen molar-refractivity contribution < 1.29 is 129 Å². The summed E-state index contributed by atoms with van der Waals surface area (Å²) in [7, 11) is 0. The Balaban J connectivity index is 1.38. The molecule has 27 nitrogen and oxygen atoms in total. The molecule has 0 spiro atoms. The Labute approximate surface area is 341 Å². The number of aliphatic hydroxyl groups excluding tert-OH is 16. The van der Waals surface area contributed by atoms with Gasteiger partial charge in [0.2, 0.25) is 0 Å². The Morgan fingerprint density at radius 3 is 1.18 bits per heavy atom. The largest absolute Gasteiger partial charge is 0.394 e. The summed E-state index contributed by atoms with van der Waals surface area (Å²) in [6, 6.07) is 0. The highest BCUT2D eigenvalue weighted by molar-refractivity contribution is 4.98. The smallest absolute Gasteiger partial charge is 0.187 e. The summed E-state index contributed by atoms with van der Waals surface area (Å²) in [6.07, 6.45) is -45.2. The molecule has 0 saturated carbocycles. The molecule has 27 heteroatoms. The minimum Gasteiger partial charge on any atom is -0.394 e. The lowest BCUT2D eigenvalue weighted by atomic mass is 9.96. The van der Waals surface area contributed by atoms with E-state index in [1.54, 1.807) is 0 Å². The van der Waals surface area contributed by atoms with Gasteiger partial charge in [-0.25, -0.2) is 0 Å². The van der Waals surface area contributed by atoms with Gasteiger partial charge in [-0.1, -0.05) is 0 Å². The third-order valence-electron chi connectivity index (χ3n) is 10.9. The van der Waals surface area contributed by atoms with Crippen LogP contribution in [0.2, 0.25) is 0 Å². The molecule has 25 atom stereocenters. The Kier molecular flexibility index (Phi) is 18.5. The van der Waals surface area contributed by atoms with E-state index in [0.717, 1.165) is 0 Å². The van der Waals surface area contributed by atoms with Crippen molar-refractivity contribution >= 4 is 0 Å². The van der Waals surface area contributed by atoms with Crippen LogP contribution in [-0.4, -0.2) is 281 Å². The zero-order valence-corrected chi connectivity index (χ0v) is 31.9. The molecule has 60 heavy (non-hydrogen) atoms. The molecule has 0 unspecified atom stereocenters. The molecule has 5 aliphatic rings. The van der Waals surface area contributed by atoms with Gasteiger partial charge in [-0.15, -0.1) is 0 Å². The quantitative estimate of drug-likeness (QED) is 0.0603. The van der Waals surface area contributed by atoms with E-state index in [4.69, 9.17) is 53.1 Å². The predicted octanol–water partition coefficient (Wildman–Crippen LogP) is -11.6. The molecule has 0 amide bonds. The van der Waals surface area contributed by atoms with Gasteiger partial charge in [-0.05, 0) is 13.0 Å². The average Bonchev–Trinajstić information content (AvgIpc) is 3.24. The second-order valence-electron chi connectivity index (χ2n) is 15.0. The third-order valence-corrected chi connectivity index (χ3v) is 10.9. The molecular formula is C33H59NO26. The first-order valence-corrected chi connectivity index (χ1v) is 19.3. The number of nitrogens with two attached hydrogens (primary N) is 1. The maximum atomic E-state index is 11.6. The van der Waals surface area contributed by atoms with Gasteiger partial charge in [0.1, 0.15) is 122 Å². The number of aliphatic hydroxyl groups is 16. The molecule has 18 N–H and O–H groups in total. The highest BCUT2D eigenvalue weighted by atomic mass is 16.8. The van der Waals surface area contributed by atoms with E-state index in [1.165, 1.54) is 0 Å². The summed E-state index contributed by atoms with van der Waals surface area (Å²) in [5.41, 5.74) is 5.58. The van der Waals surface area contributed by atoms with Crippen molar-refractivity contribution in [3.8, 4) is 0 Å². The lowest BCUT2D eigenvalue weighted by Crippen LogP contribution is -2.67. The molecule has 5 saturated heterocycles. The van der Waals surface area contributed by atoms with E-state index in [0.29, 0.717) is 0 Å². The van der Waals surface area contributed by atoms with E-state index < -0.39 is 187 Å². The van der Waals surface area contributed by atoms with Crippen LogP contribution in [0.1, 0.15) is 6.42 Å². The number of hydrogen-bond acceptors (Lipinski definition) is 27. The molecule has 5 rings (SSSR count). The zero-order valence-electron chi connectivity index (χ0n) is 31.9. The molecular weight excluding hydrogens is 826 g/mol. The summed E-state index contributed by atoms with van der Waals surface area (Å²) in [5.74, 6) is 0. The van der Waals surface area contributed by atoms with Gasteiger partial charge in [0.05, 0.1) is 39.6 Å². The van der Waals surface area contributed by atoms with Gasteiger partial charge in [0.25, 0.3) is 0 Å². The maximum Gasteiger partial charge on any atom is 0.187 e. The van der Waals surface area contributed by atoms with Gasteiger partial charge < -0.3 is 135 Å². The fourth-order valence-corrected chi connectivity index (χ4v) is 7.28. The normalized spacial score (nSPS) is 50.5. The monoisotopic (exact) mass is 885 g/mol. The first-order valence-electron chi connectivity index (χ1n) is 19.3. The SMILES string of the molecule is NCCCO[C@H]1O[C@H](CO[C@H]2O[C@H](CO)[C@@H](O)[C@H](O)[C@@H]2O[C@H]2O[C@H](CO)[C@@H](O)[C@H](O)[C@@H]2O)[C@@H](O)[C@H](O[C@H]2O[C@H](CO)[C@@H](O)[C@H](O)[C@@H]2O[C@H]2O[C@H](CO)[C@@H](O)[C@H](O)[C@@H]2O)[C@@H]1O. The van der Waals surface area contributed by atoms with Crippen LogP contribution in [0.15, 0.2) is 0 Å². The van der Waals surface area contributed by atoms with Crippen molar-refractivity contribution in [1.82, 2.24) is 0 Å². The maximum absolute atomic E-state index is 11.6. The highest BCUT2D eigenvalue weighted by Crippen LogP contribution is 2.35. The van der Waals surface area contributed by atoms with Crippen LogP contribution in [0.5, 0.6) is 0 Å². The molecule has 5 fully saturated rings. The predicted molar refractivity (Wildman–Crippen MR) is 184 cm³/mol. The van der Waals surface area contributed by atoms with Gasteiger partial charge in [-0.2, -0.15) is 0 Å². The van der Waals surface area contributed by atoms with Crippen LogP contribution >= 0.6 is 0 Å². The molecule has 0 aromatic heterocycles. The minimum absolute atomic E-state index is 0.113. The van der Waals surface area contributed by atoms with Crippen LogP contribution in [0.3, 0.4) is 0 Å². The van der Waals surface area contributed by atoms with Crippen molar-refractivity contribution in [2.45, 2.75) is 160 Å². The Morgan fingerprint density at radius 2 is 0.733 bits per heavy atom. The molecule has 0 bridgehead atoms. The van der Waals surface area contributed by atoms with E-state index >= 15 is 0 Å². The average molecular weight is 886 g/mol. The second kappa shape index (κ2) is 22.2. The Hall–Kier alpha value is -1.08. The molecule has 5 heterocycles. The van der Waals surface area contributed by atoms with E-state index in [2.05, 4.69) is 0 Å². The standard InChI is InChI=1S/C33H59NO26/c34-2-1-3-51-29-25(50)26(58-33-28(22(47)17(42)12(7-38)56-33)60-31-24(49)20(45)15(40)10(5-36)54-31)18(43)13(57-29)8-52-32-27(21(46)16(41)11(6-37)55-32)59-30-23(48)19(44)14(39)9(4-35)53-30/h9-33,35-50H,1-8,34H2/t9-,10-,11-,12-,13-,14-,15-,16-,17-,18-,19+,20+,21+,22+,23+,24+,25+,26+,27+,28+,29+,30-,31-,32+,33-/m1/s1. The van der Waals surface area contributed by atoms with Crippen LogP contribution in [0, 0.1) is 0 Å². The van der Waals surface area contributed by atoms with E-state index in [-0.39, 0.29) is 19.6 Å². The van der Waals surface area contributed by atoms with E-state index in [9.17, 15) is 81.7 Å². The zero-order chi connectivity index (χ0) is 44.2. The summed E-state index contributed by atoms with van der Waals surface area (Å²) >= 11 is 0. The summed E-state index contributed by atoms with van der Waals surface area (Å²) in [4.78, 5) is 0. The minimum atomic E-state index is -2.02. The summed E-state index contributed by atoms with van der Waals surface area (Å²) < 4.78 is 56.6. The molecule has 0 aromatic carbocycles. The molecule has 352 valence electrons. The van der Waals surface area contributed by atoms with Gasteiger partial charge in [0, 0.05) is 0 Å². The van der Waals surface area contributed by atoms with Crippen LogP contribution < -0.4 is 5.73 Å². The number of hydrogen-bond donors (Lipinski definition) is 17. The van der Waals surface area contributed by atoms with Crippen LogP contribution in [0.25, 0.3) is 0 Å². The highest BCUT2D eigenvalue weighted by Gasteiger charge is 2.56. The fraction of sp³-hybridized carbons (Fsp3) is 1.00. The van der Waals surface area contributed by atoms with Crippen molar-refractivity contribution in [1.29, 1.82) is 0 Å². The van der Waals surface area contributed by atoms with Crippen molar-refractivity contribution in [3.63, 3.8) is 0 Å². The lowest BCUT2D eigenvalue weighted by Gasteiger charge is -2.49. The topological polar surface area (TPSA) is 442 Å². The summed E-state index contributed by atoms with van der Waals surface area (Å²) in [6.45, 7) is -4.21. The van der Waals surface area contributed by atoms with Crippen molar-refractivity contribution in [3.05, 3.63) is 0 Å². The van der Waals surface area contributed by atoms with Crippen molar-refractivity contribution in [2.24, 2.45) is 5.73 Å². The Morgan fingerprint density at radius 1 is 0.350 bits per heavy atom. The van der Waals surface area contributed by atoms with E-state index in [1.807, 2.05) is 0 Å². The van der Waals surface area contributed by atoms with Crippen molar-refractivity contribution in [2.75, 3.05) is 46.2 Å². The third kappa shape index (κ3) is 10.7. The molecule has 0 aromatic rings. The number of rotatable bonds is 17. The Bertz CT molecular complexity index is 1280. The van der Waals surface area contributed by atoms with Crippen LogP contribution in [-0.2, 0) is 47.4 Å². The fourth-order valence-electron chi connectivity index (χ4n) is 7.28. The van der Waals surface area contributed by atoms with Gasteiger partial charge >= 0.3 is 0 Å². The first kappa shape index (κ1) is 49.9.